The van der Waals surface area contributed by atoms with Crippen LogP contribution in [0.3, 0.4) is 0 Å². The van der Waals surface area contributed by atoms with Crippen LogP contribution >= 0.6 is 0 Å². The van der Waals surface area contributed by atoms with Crippen molar-refractivity contribution in [2.45, 2.75) is 57.7 Å². The largest absolute Gasteiger partial charge is 0.470 e. The Morgan fingerprint density at radius 3 is 2.56 bits per heavy atom. The molecule has 0 unspecified atom stereocenters. The maximum absolute atomic E-state index is 14.4. The van der Waals surface area contributed by atoms with Crippen LogP contribution in [0.25, 0.3) is 16.9 Å². The van der Waals surface area contributed by atoms with Crippen molar-refractivity contribution in [1.29, 1.82) is 0 Å². The van der Waals surface area contributed by atoms with Crippen molar-refractivity contribution in [2.24, 2.45) is 0 Å². The lowest BCUT2D eigenvalue weighted by Gasteiger charge is -2.37. The summed E-state index contributed by atoms with van der Waals surface area (Å²) < 4.78 is 35.5. The van der Waals surface area contributed by atoms with Crippen LogP contribution in [0, 0.1) is 5.82 Å². The molecule has 8 heteroatoms. The Hall–Kier alpha value is -2.64. The van der Waals surface area contributed by atoms with Gasteiger partial charge in [0.1, 0.15) is 17.1 Å². The second kappa shape index (κ2) is 5.94. The zero-order chi connectivity index (χ0) is 19.4. The summed E-state index contributed by atoms with van der Waals surface area (Å²) in [6.07, 6.45) is 5.65. The third-order valence-electron chi connectivity index (χ3n) is 4.53. The Bertz CT molecular complexity index is 1000. The first-order valence-corrected chi connectivity index (χ1v) is 8.86. The number of halogens is 2. The highest BCUT2D eigenvalue weighted by Crippen LogP contribution is 2.46. The number of hydrogen-bond donors (Lipinski definition) is 0. The van der Waals surface area contributed by atoms with E-state index in [4.69, 9.17) is 4.74 Å². The SMILES string of the molecule is CC1(F)CC(c2nnc3cnc(-c4cnc(OC(C)(C)C)c(F)c4)cn23)C1. The summed E-state index contributed by atoms with van der Waals surface area (Å²) in [6.45, 7) is 7.07. The maximum Gasteiger partial charge on any atom is 0.250 e. The molecule has 1 saturated carbocycles. The highest BCUT2D eigenvalue weighted by molar-refractivity contribution is 5.59. The van der Waals surface area contributed by atoms with Gasteiger partial charge in [0.15, 0.2) is 11.5 Å². The second-order valence-electron chi connectivity index (χ2n) is 8.30. The smallest absolute Gasteiger partial charge is 0.250 e. The van der Waals surface area contributed by atoms with E-state index in [0.717, 1.165) is 0 Å². The number of alkyl halides is 1. The predicted molar refractivity (Wildman–Crippen MR) is 95.8 cm³/mol. The van der Waals surface area contributed by atoms with E-state index in [-0.39, 0.29) is 11.8 Å². The summed E-state index contributed by atoms with van der Waals surface area (Å²) in [5, 5.41) is 8.28. The number of aromatic nitrogens is 5. The van der Waals surface area contributed by atoms with Gasteiger partial charge in [-0.2, -0.15) is 0 Å². The van der Waals surface area contributed by atoms with Gasteiger partial charge >= 0.3 is 0 Å². The standard InChI is InChI=1S/C19H21F2N5O/c1-18(2,3)27-17-13(20)5-11(8-23-17)14-10-26-15(9-22-14)24-25-16(26)12-6-19(4,21)7-12/h5,8-10,12H,6-7H2,1-4H3. The van der Waals surface area contributed by atoms with E-state index < -0.39 is 17.1 Å². The molecule has 0 N–H and O–H groups in total. The van der Waals surface area contributed by atoms with Gasteiger partial charge in [-0.15, -0.1) is 10.2 Å². The number of ether oxygens (including phenoxy) is 1. The van der Waals surface area contributed by atoms with Crippen molar-refractivity contribution < 1.29 is 13.5 Å². The van der Waals surface area contributed by atoms with Crippen molar-refractivity contribution >= 4 is 5.65 Å². The van der Waals surface area contributed by atoms with E-state index >= 15 is 0 Å². The summed E-state index contributed by atoms with van der Waals surface area (Å²) in [6, 6.07) is 1.34. The first-order valence-electron chi connectivity index (χ1n) is 8.86. The van der Waals surface area contributed by atoms with Crippen LogP contribution in [-0.2, 0) is 0 Å². The topological polar surface area (TPSA) is 65.2 Å². The lowest BCUT2D eigenvalue weighted by molar-refractivity contribution is 0.0578. The maximum atomic E-state index is 14.4. The summed E-state index contributed by atoms with van der Waals surface area (Å²) in [4.78, 5) is 8.41. The number of hydrogen-bond acceptors (Lipinski definition) is 5. The summed E-state index contributed by atoms with van der Waals surface area (Å²) in [5.74, 6) is 0.113. The highest BCUT2D eigenvalue weighted by atomic mass is 19.1. The monoisotopic (exact) mass is 373 g/mol. The molecule has 0 aromatic carbocycles. The summed E-state index contributed by atoms with van der Waals surface area (Å²) in [5.41, 5.74) is -0.0824. The van der Waals surface area contributed by atoms with E-state index in [1.807, 2.05) is 20.8 Å². The van der Waals surface area contributed by atoms with Crippen LogP contribution in [0.2, 0.25) is 0 Å². The van der Waals surface area contributed by atoms with Crippen molar-refractivity contribution in [3.05, 3.63) is 36.3 Å². The van der Waals surface area contributed by atoms with E-state index in [1.165, 1.54) is 12.3 Å². The molecule has 142 valence electrons. The molecule has 0 bridgehead atoms. The molecule has 0 saturated heterocycles. The van der Waals surface area contributed by atoms with Crippen LogP contribution in [0.5, 0.6) is 5.88 Å². The Morgan fingerprint density at radius 2 is 1.93 bits per heavy atom. The minimum absolute atomic E-state index is 0.0164. The van der Waals surface area contributed by atoms with Crippen molar-refractivity contribution in [3.8, 4) is 17.1 Å². The van der Waals surface area contributed by atoms with Crippen LogP contribution in [-0.4, -0.2) is 35.8 Å². The quantitative estimate of drug-likeness (QED) is 0.691. The molecule has 1 aliphatic carbocycles. The lowest BCUT2D eigenvalue weighted by atomic mass is 9.73. The Morgan fingerprint density at radius 1 is 1.19 bits per heavy atom. The first kappa shape index (κ1) is 17.8. The minimum atomic E-state index is -1.15. The first-order chi connectivity index (χ1) is 12.6. The minimum Gasteiger partial charge on any atom is -0.470 e. The fourth-order valence-corrected chi connectivity index (χ4v) is 3.33. The average Bonchev–Trinajstić information content (AvgIpc) is 2.96. The van der Waals surface area contributed by atoms with E-state index in [1.54, 1.807) is 23.7 Å². The van der Waals surface area contributed by atoms with Gasteiger partial charge in [-0.3, -0.25) is 9.38 Å². The molecule has 0 spiro atoms. The molecule has 3 aromatic rings. The van der Waals surface area contributed by atoms with Gasteiger partial charge in [0.2, 0.25) is 0 Å². The third kappa shape index (κ3) is 3.48. The van der Waals surface area contributed by atoms with Gasteiger partial charge in [0.05, 0.1) is 11.9 Å². The molecule has 6 nitrogen and oxygen atoms in total. The van der Waals surface area contributed by atoms with Gasteiger partial charge in [-0.05, 0) is 46.6 Å². The van der Waals surface area contributed by atoms with Crippen LogP contribution in [0.1, 0.15) is 52.3 Å². The molecule has 0 amide bonds. The Balaban J connectivity index is 1.67. The van der Waals surface area contributed by atoms with Gasteiger partial charge in [-0.1, -0.05) is 0 Å². The number of nitrogens with zero attached hydrogens (tertiary/aromatic N) is 5. The number of pyridine rings is 1. The molecule has 0 aliphatic heterocycles. The molecule has 1 fully saturated rings. The molecule has 3 heterocycles. The Kier molecular flexibility index (Phi) is 3.90. The summed E-state index contributed by atoms with van der Waals surface area (Å²) >= 11 is 0. The van der Waals surface area contributed by atoms with Crippen LogP contribution < -0.4 is 4.74 Å². The average molecular weight is 373 g/mol. The Labute approximate surface area is 155 Å². The summed E-state index contributed by atoms with van der Waals surface area (Å²) in [7, 11) is 0. The van der Waals surface area contributed by atoms with Gasteiger partial charge < -0.3 is 4.74 Å². The number of rotatable bonds is 3. The van der Waals surface area contributed by atoms with Crippen molar-refractivity contribution in [1.82, 2.24) is 24.6 Å². The highest BCUT2D eigenvalue weighted by Gasteiger charge is 2.43. The zero-order valence-electron chi connectivity index (χ0n) is 15.7. The fourth-order valence-electron chi connectivity index (χ4n) is 3.33. The molecule has 0 atom stereocenters. The van der Waals surface area contributed by atoms with Crippen LogP contribution in [0.4, 0.5) is 8.78 Å². The van der Waals surface area contributed by atoms with Gasteiger partial charge in [-0.25, -0.2) is 13.8 Å². The molecule has 27 heavy (non-hydrogen) atoms. The third-order valence-corrected chi connectivity index (χ3v) is 4.53. The fraction of sp³-hybridized carbons (Fsp3) is 0.474. The molecule has 0 radical (unpaired) electrons. The van der Waals surface area contributed by atoms with Crippen molar-refractivity contribution in [3.63, 3.8) is 0 Å². The molecular formula is C19H21F2N5O. The van der Waals surface area contributed by atoms with E-state index in [9.17, 15) is 8.78 Å². The number of fused-ring (bicyclic) bond motifs is 1. The van der Waals surface area contributed by atoms with Gasteiger partial charge in [0.25, 0.3) is 5.88 Å². The molecule has 4 rings (SSSR count). The van der Waals surface area contributed by atoms with E-state index in [0.29, 0.717) is 35.6 Å². The molecule has 3 aromatic heterocycles. The lowest BCUT2D eigenvalue weighted by Crippen LogP contribution is -2.36. The predicted octanol–water partition coefficient (Wildman–Crippen LogP) is 4.11. The normalized spacial score (nSPS) is 22.7. The van der Waals surface area contributed by atoms with E-state index in [2.05, 4.69) is 20.2 Å². The second-order valence-corrected chi connectivity index (χ2v) is 8.30. The van der Waals surface area contributed by atoms with Crippen molar-refractivity contribution in [2.75, 3.05) is 0 Å². The molecule has 1 aliphatic rings. The zero-order valence-corrected chi connectivity index (χ0v) is 15.7. The van der Waals surface area contributed by atoms with Gasteiger partial charge in [0, 0.05) is 23.9 Å². The molecular weight excluding hydrogens is 352 g/mol. The van der Waals surface area contributed by atoms with Crippen LogP contribution in [0.15, 0.2) is 24.7 Å².